The van der Waals surface area contributed by atoms with E-state index in [0.29, 0.717) is 22.2 Å². The van der Waals surface area contributed by atoms with Crippen molar-refractivity contribution in [1.82, 2.24) is 5.32 Å². The molecule has 0 spiro atoms. The summed E-state index contributed by atoms with van der Waals surface area (Å²) in [7, 11) is 1.69. The molecule has 4 saturated carbocycles. The topological polar surface area (TPSA) is 30.5 Å². The van der Waals surface area contributed by atoms with Crippen LogP contribution >= 0.6 is 23.2 Å². The zero-order valence-corrected chi connectivity index (χ0v) is 18.9. The molecule has 3 nitrogen and oxygen atoms in total. The summed E-state index contributed by atoms with van der Waals surface area (Å²) in [6.07, 6.45) is 8.49. The minimum Gasteiger partial charge on any atom is -0.493 e. The molecule has 0 aliphatic heterocycles. The predicted octanol–water partition coefficient (Wildman–Crippen LogP) is 6.64. The highest BCUT2D eigenvalue weighted by molar-refractivity contribution is 6.35. The zero-order chi connectivity index (χ0) is 20.7. The van der Waals surface area contributed by atoms with Gasteiger partial charge < -0.3 is 14.8 Å². The Bertz CT molecular complexity index is 894. The van der Waals surface area contributed by atoms with Crippen molar-refractivity contribution in [3.05, 3.63) is 57.6 Å². The first kappa shape index (κ1) is 20.5. The SMILES string of the molecule is COc1cc(CNC23CC4CC(CC(C4)C2)C3)ccc1OCc1ccc(Cl)cc1Cl. The Hall–Kier alpha value is -1.42. The number of methoxy groups -OCH3 is 1. The van der Waals surface area contributed by atoms with Crippen molar-refractivity contribution in [2.24, 2.45) is 17.8 Å². The van der Waals surface area contributed by atoms with Gasteiger partial charge in [-0.25, -0.2) is 0 Å². The van der Waals surface area contributed by atoms with Crippen molar-refractivity contribution in [3.63, 3.8) is 0 Å². The van der Waals surface area contributed by atoms with Crippen molar-refractivity contribution >= 4 is 23.2 Å². The number of halogens is 2. The number of hydrogen-bond donors (Lipinski definition) is 1. The number of ether oxygens (including phenoxy) is 2. The predicted molar refractivity (Wildman–Crippen MR) is 122 cm³/mol. The van der Waals surface area contributed by atoms with Crippen LogP contribution in [-0.4, -0.2) is 12.6 Å². The highest BCUT2D eigenvalue weighted by Gasteiger charge is 2.50. The summed E-state index contributed by atoms with van der Waals surface area (Å²) in [6.45, 7) is 1.25. The summed E-state index contributed by atoms with van der Waals surface area (Å²) in [5.41, 5.74) is 2.50. The van der Waals surface area contributed by atoms with E-state index in [-0.39, 0.29) is 0 Å². The molecule has 0 heterocycles. The molecule has 6 rings (SSSR count). The Morgan fingerprint density at radius 2 is 1.63 bits per heavy atom. The van der Waals surface area contributed by atoms with E-state index in [4.69, 9.17) is 32.7 Å². The molecule has 2 aromatic rings. The van der Waals surface area contributed by atoms with Crippen LogP contribution in [0.3, 0.4) is 0 Å². The molecule has 4 fully saturated rings. The van der Waals surface area contributed by atoms with Crippen LogP contribution in [0, 0.1) is 17.8 Å². The zero-order valence-electron chi connectivity index (χ0n) is 17.4. The van der Waals surface area contributed by atoms with Crippen LogP contribution in [0.1, 0.15) is 49.7 Å². The molecule has 4 aliphatic carbocycles. The third kappa shape index (κ3) is 4.17. The maximum Gasteiger partial charge on any atom is 0.161 e. The molecule has 0 unspecified atom stereocenters. The van der Waals surface area contributed by atoms with Crippen LogP contribution in [0.4, 0.5) is 0 Å². The average Bonchev–Trinajstić information content (AvgIpc) is 2.71. The lowest BCUT2D eigenvalue weighted by atomic mass is 9.53. The second kappa shape index (κ2) is 8.26. The van der Waals surface area contributed by atoms with Gasteiger partial charge in [-0.1, -0.05) is 35.3 Å². The lowest BCUT2D eigenvalue weighted by Crippen LogP contribution is -2.58. The number of nitrogens with one attached hydrogen (secondary N) is 1. The van der Waals surface area contributed by atoms with Crippen molar-refractivity contribution < 1.29 is 9.47 Å². The van der Waals surface area contributed by atoms with E-state index >= 15 is 0 Å². The van der Waals surface area contributed by atoms with Crippen LogP contribution in [-0.2, 0) is 13.2 Å². The standard InChI is InChI=1S/C25H29Cl2NO2/c1-29-24-9-16(2-5-23(24)30-15-20-3-4-21(26)10-22(20)27)14-28-25-11-17-6-18(12-25)8-19(7-17)13-25/h2-5,9-10,17-19,28H,6-8,11-15H2,1H3. The van der Waals surface area contributed by atoms with Gasteiger partial charge in [0.1, 0.15) is 6.61 Å². The lowest BCUT2D eigenvalue weighted by Gasteiger charge is -2.57. The van der Waals surface area contributed by atoms with Gasteiger partial charge in [0.25, 0.3) is 0 Å². The largest absolute Gasteiger partial charge is 0.493 e. The maximum absolute atomic E-state index is 6.26. The van der Waals surface area contributed by atoms with Crippen molar-refractivity contribution in [1.29, 1.82) is 0 Å². The molecule has 1 N–H and O–H groups in total. The second-order valence-electron chi connectivity index (χ2n) is 9.56. The normalized spacial score (nSPS) is 29.2. The molecule has 4 bridgehead atoms. The Morgan fingerprint density at radius 3 is 2.27 bits per heavy atom. The first-order chi connectivity index (χ1) is 14.5. The van der Waals surface area contributed by atoms with Gasteiger partial charge in [0.05, 0.1) is 7.11 Å². The highest BCUT2D eigenvalue weighted by Crippen LogP contribution is 2.55. The summed E-state index contributed by atoms with van der Waals surface area (Å²) in [5.74, 6) is 4.34. The lowest BCUT2D eigenvalue weighted by molar-refractivity contribution is -0.0206. The molecule has 160 valence electrons. The molecular formula is C25H29Cl2NO2. The fourth-order valence-electron chi connectivity index (χ4n) is 6.35. The van der Waals surface area contributed by atoms with Gasteiger partial charge in [-0.05, 0) is 86.1 Å². The van der Waals surface area contributed by atoms with E-state index in [0.717, 1.165) is 41.4 Å². The smallest absolute Gasteiger partial charge is 0.161 e. The van der Waals surface area contributed by atoms with Gasteiger partial charge >= 0.3 is 0 Å². The monoisotopic (exact) mass is 445 g/mol. The van der Waals surface area contributed by atoms with Gasteiger partial charge in [0.2, 0.25) is 0 Å². The van der Waals surface area contributed by atoms with E-state index in [9.17, 15) is 0 Å². The Balaban J connectivity index is 1.24. The van der Waals surface area contributed by atoms with Crippen LogP contribution in [0.25, 0.3) is 0 Å². The van der Waals surface area contributed by atoms with Crippen molar-refractivity contribution in [3.8, 4) is 11.5 Å². The van der Waals surface area contributed by atoms with Crippen LogP contribution in [0.2, 0.25) is 10.0 Å². The van der Waals surface area contributed by atoms with E-state index in [1.807, 2.05) is 18.2 Å². The van der Waals surface area contributed by atoms with E-state index < -0.39 is 0 Å². The van der Waals surface area contributed by atoms with Crippen LogP contribution < -0.4 is 14.8 Å². The van der Waals surface area contributed by atoms with Gasteiger partial charge in [-0.2, -0.15) is 0 Å². The molecule has 5 heteroatoms. The minimum atomic E-state index is 0.364. The first-order valence-electron chi connectivity index (χ1n) is 11.0. The number of hydrogen-bond acceptors (Lipinski definition) is 3. The fraction of sp³-hybridized carbons (Fsp3) is 0.520. The summed E-state index contributed by atoms with van der Waals surface area (Å²) < 4.78 is 11.6. The van der Waals surface area contributed by atoms with E-state index in [1.165, 1.54) is 44.1 Å². The summed E-state index contributed by atoms with van der Waals surface area (Å²) >= 11 is 12.2. The Kier molecular flexibility index (Phi) is 5.64. The average molecular weight is 446 g/mol. The molecule has 0 aromatic heterocycles. The van der Waals surface area contributed by atoms with Gasteiger partial charge in [0.15, 0.2) is 11.5 Å². The molecule has 4 aliphatic rings. The third-order valence-electron chi connectivity index (χ3n) is 7.33. The molecule has 30 heavy (non-hydrogen) atoms. The summed E-state index contributed by atoms with van der Waals surface area (Å²) in [4.78, 5) is 0. The van der Waals surface area contributed by atoms with Gasteiger partial charge in [-0.15, -0.1) is 0 Å². The minimum absolute atomic E-state index is 0.364. The molecule has 0 atom stereocenters. The number of rotatable bonds is 7. The highest BCUT2D eigenvalue weighted by atomic mass is 35.5. The molecule has 2 aromatic carbocycles. The third-order valence-corrected chi connectivity index (χ3v) is 7.92. The molecule has 0 saturated heterocycles. The molecular weight excluding hydrogens is 417 g/mol. The summed E-state index contributed by atoms with van der Waals surface area (Å²) in [6, 6.07) is 11.7. The van der Waals surface area contributed by atoms with Crippen molar-refractivity contribution in [2.75, 3.05) is 7.11 Å². The van der Waals surface area contributed by atoms with Crippen LogP contribution in [0.5, 0.6) is 11.5 Å². The second-order valence-corrected chi connectivity index (χ2v) is 10.4. The Labute approximate surface area is 189 Å². The summed E-state index contributed by atoms with van der Waals surface area (Å²) in [5, 5.41) is 5.19. The fourth-order valence-corrected chi connectivity index (χ4v) is 6.82. The quantitative estimate of drug-likeness (QED) is 0.517. The van der Waals surface area contributed by atoms with Crippen LogP contribution in [0.15, 0.2) is 36.4 Å². The molecule has 0 radical (unpaired) electrons. The maximum atomic E-state index is 6.26. The number of benzene rings is 2. The van der Waals surface area contributed by atoms with E-state index in [2.05, 4.69) is 17.4 Å². The first-order valence-corrected chi connectivity index (χ1v) is 11.8. The van der Waals surface area contributed by atoms with Gasteiger partial charge in [0, 0.05) is 27.7 Å². The van der Waals surface area contributed by atoms with E-state index in [1.54, 1.807) is 13.2 Å². The van der Waals surface area contributed by atoms with Gasteiger partial charge in [-0.3, -0.25) is 0 Å². The van der Waals surface area contributed by atoms with Crippen molar-refractivity contribution in [2.45, 2.75) is 57.2 Å². The Morgan fingerprint density at radius 1 is 0.933 bits per heavy atom. The molecule has 0 amide bonds.